The highest BCUT2D eigenvalue weighted by atomic mass is 16.5. The minimum absolute atomic E-state index is 0.315. The summed E-state index contributed by atoms with van der Waals surface area (Å²) in [5.74, 6) is -0.464. The molecule has 110 valence electrons. The number of carbonyl (C=O) groups excluding carboxylic acids is 1. The monoisotopic (exact) mass is 286 g/mol. The molecule has 5 heteroatoms. The second-order valence-electron chi connectivity index (χ2n) is 4.76. The highest BCUT2D eigenvalue weighted by molar-refractivity contribution is 5.74. The average Bonchev–Trinajstić information content (AvgIpc) is 2.50. The first-order chi connectivity index (χ1) is 10.1. The summed E-state index contributed by atoms with van der Waals surface area (Å²) in [7, 11) is 1.31. The Morgan fingerprint density at radius 2 is 2.00 bits per heavy atom. The Morgan fingerprint density at radius 3 is 2.62 bits per heavy atom. The van der Waals surface area contributed by atoms with Gasteiger partial charge >= 0.3 is 5.97 Å². The standard InChI is InChI=1S/C16H18N2O3/c1-4-14(16(20)21-3)18-15(19)10-9-13(17-18)12-8-6-5-7-11(12)2/h5-10,14H,4H2,1-3H3. The van der Waals surface area contributed by atoms with Crippen molar-refractivity contribution in [1.29, 1.82) is 0 Å². The second-order valence-corrected chi connectivity index (χ2v) is 4.76. The maximum absolute atomic E-state index is 12.0. The largest absolute Gasteiger partial charge is 0.467 e. The van der Waals surface area contributed by atoms with Crippen molar-refractivity contribution in [2.45, 2.75) is 26.3 Å². The molecule has 1 heterocycles. The van der Waals surface area contributed by atoms with E-state index in [1.807, 2.05) is 38.1 Å². The van der Waals surface area contributed by atoms with Gasteiger partial charge in [-0.1, -0.05) is 31.2 Å². The van der Waals surface area contributed by atoms with E-state index in [1.54, 1.807) is 6.07 Å². The van der Waals surface area contributed by atoms with Crippen LogP contribution in [-0.2, 0) is 9.53 Å². The number of hydrogen-bond donors (Lipinski definition) is 0. The van der Waals surface area contributed by atoms with E-state index in [0.717, 1.165) is 11.1 Å². The van der Waals surface area contributed by atoms with E-state index >= 15 is 0 Å². The fourth-order valence-corrected chi connectivity index (χ4v) is 2.23. The Kier molecular flexibility index (Phi) is 4.52. The molecule has 1 aromatic heterocycles. The SMILES string of the molecule is CCC(C(=O)OC)n1nc(-c2ccccc2C)ccc1=O. The molecule has 2 rings (SSSR count). The van der Waals surface area contributed by atoms with E-state index < -0.39 is 12.0 Å². The number of methoxy groups -OCH3 is 1. The summed E-state index contributed by atoms with van der Waals surface area (Å²) in [6.07, 6.45) is 0.441. The third-order valence-corrected chi connectivity index (χ3v) is 3.40. The molecule has 0 spiro atoms. The van der Waals surface area contributed by atoms with Crippen LogP contribution in [0.3, 0.4) is 0 Å². The Balaban J connectivity index is 2.54. The van der Waals surface area contributed by atoms with Crippen LogP contribution in [0.25, 0.3) is 11.3 Å². The van der Waals surface area contributed by atoms with Gasteiger partial charge in [-0.2, -0.15) is 5.10 Å². The molecule has 0 aliphatic rings. The summed E-state index contributed by atoms with van der Waals surface area (Å²) in [5, 5.41) is 4.35. The molecule has 5 nitrogen and oxygen atoms in total. The molecule has 1 aromatic carbocycles. The lowest BCUT2D eigenvalue weighted by molar-refractivity contribution is -0.145. The zero-order chi connectivity index (χ0) is 15.4. The minimum Gasteiger partial charge on any atom is -0.467 e. The van der Waals surface area contributed by atoms with E-state index in [2.05, 4.69) is 5.10 Å². The van der Waals surface area contributed by atoms with Gasteiger partial charge in [0.15, 0.2) is 6.04 Å². The van der Waals surface area contributed by atoms with Gasteiger partial charge < -0.3 is 4.74 Å². The summed E-state index contributed by atoms with van der Waals surface area (Å²) < 4.78 is 5.95. The Hall–Kier alpha value is -2.43. The predicted molar refractivity (Wildman–Crippen MR) is 80.0 cm³/mol. The first-order valence-corrected chi connectivity index (χ1v) is 6.82. The van der Waals surface area contributed by atoms with Gasteiger partial charge in [-0.15, -0.1) is 0 Å². The summed E-state index contributed by atoms with van der Waals surface area (Å²) in [6.45, 7) is 3.79. The van der Waals surface area contributed by atoms with Crippen LogP contribution in [0.5, 0.6) is 0 Å². The van der Waals surface area contributed by atoms with Gasteiger partial charge in [0.2, 0.25) is 0 Å². The molecule has 1 unspecified atom stereocenters. The number of aryl methyl sites for hydroxylation is 1. The van der Waals surface area contributed by atoms with Crippen LogP contribution in [0.15, 0.2) is 41.2 Å². The zero-order valence-electron chi connectivity index (χ0n) is 12.4. The third-order valence-electron chi connectivity index (χ3n) is 3.40. The summed E-state index contributed by atoms with van der Waals surface area (Å²) in [5.41, 5.74) is 2.34. The molecule has 0 saturated carbocycles. The maximum Gasteiger partial charge on any atom is 0.330 e. The number of ether oxygens (including phenoxy) is 1. The van der Waals surface area contributed by atoms with E-state index in [0.29, 0.717) is 12.1 Å². The number of nitrogens with zero attached hydrogens (tertiary/aromatic N) is 2. The van der Waals surface area contributed by atoms with Gasteiger partial charge in [0, 0.05) is 11.6 Å². The van der Waals surface area contributed by atoms with Crippen LogP contribution in [-0.4, -0.2) is 22.9 Å². The molecular formula is C16H18N2O3. The smallest absolute Gasteiger partial charge is 0.330 e. The van der Waals surface area contributed by atoms with Gasteiger partial charge in [-0.05, 0) is 25.0 Å². The molecule has 0 amide bonds. The molecule has 0 bridgehead atoms. The average molecular weight is 286 g/mol. The van der Waals surface area contributed by atoms with Crippen molar-refractivity contribution in [2.75, 3.05) is 7.11 Å². The highest BCUT2D eigenvalue weighted by Gasteiger charge is 2.21. The van der Waals surface area contributed by atoms with Crippen molar-refractivity contribution in [3.05, 3.63) is 52.3 Å². The van der Waals surface area contributed by atoms with E-state index in [-0.39, 0.29) is 5.56 Å². The molecule has 0 aliphatic heterocycles. The topological polar surface area (TPSA) is 61.2 Å². The van der Waals surface area contributed by atoms with Crippen LogP contribution in [0.2, 0.25) is 0 Å². The van der Waals surface area contributed by atoms with Crippen molar-refractivity contribution in [3.8, 4) is 11.3 Å². The quantitative estimate of drug-likeness (QED) is 0.809. The number of esters is 1. The van der Waals surface area contributed by atoms with Gasteiger partial charge in [0.1, 0.15) is 0 Å². The number of hydrogen-bond acceptors (Lipinski definition) is 4. The molecule has 0 fully saturated rings. The number of rotatable bonds is 4. The van der Waals surface area contributed by atoms with Crippen molar-refractivity contribution in [3.63, 3.8) is 0 Å². The van der Waals surface area contributed by atoms with Crippen molar-refractivity contribution < 1.29 is 9.53 Å². The number of aromatic nitrogens is 2. The van der Waals surface area contributed by atoms with Crippen LogP contribution >= 0.6 is 0 Å². The lowest BCUT2D eigenvalue weighted by atomic mass is 10.1. The Morgan fingerprint density at radius 1 is 1.29 bits per heavy atom. The fourth-order valence-electron chi connectivity index (χ4n) is 2.23. The van der Waals surface area contributed by atoms with Crippen LogP contribution in [0.4, 0.5) is 0 Å². The summed E-state index contributed by atoms with van der Waals surface area (Å²) in [4.78, 5) is 23.8. The minimum atomic E-state index is -0.702. The first kappa shape index (κ1) is 15.0. The van der Waals surface area contributed by atoms with Crippen LogP contribution < -0.4 is 5.56 Å². The number of benzene rings is 1. The van der Waals surface area contributed by atoms with Crippen LogP contribution in [0.1, 0.15) is 24.9 Å². The Bertz CT molecular complexity index is 707. The van der Waals surface area contributed by atoms with Crippen molar-refractivity contribution in [1.82, 2.24) is 9.78 Å². The molecule has 0 N–H and O–H groups in total. The summed E-state index contributed by atoms with van der Waals surface area (Å²) in [6, 6.07) is 10.2. The second kappa shape index (κ2) is 6.35. The van der Waals surface area contributed by atoms with Crippen LogP contribution in [0, 0.1) is 6.92 Å². The van der Waals surface area contributed by atoms with E-state index in [1.165, 1.54) is 17.9 Å². The van der Waals surface area contributed by atoms with E-state index in [9.17, 15) is 9.59 Å². The molecule has 0 saturated heterocycles. The molecule has 21 heavy (non-hydrogen) atoms. The zero-order valence-corrected chi connectivity index (χ0v) is 12.4. The number of carbonyl (C=O) groups is 1. The van der Waals surface area contributed by atoms with Gasteiger partial charge in [0.05, 0.1) is 12.8 Å². The Labute approximate surface area is 123 Å². The lowest BCUT2D eigenvalue weighted by Gasteiger charge is -2.15. The van der Waals surface area contributed by atoms with Gasteiger partial charge in [-0.3, -0.25) is 4.79 Å². The maximum atomic E-state index is 12.0. The molecule has 2 aromatic rings. The molecular weight excluding hydrogens is 268 g/mol. The van der Waals surface area contributed by atoms with E-state index in [4.69, 9.17) is 4.74 Å². The fraction of sp³-hybridized carbons (Fsp3) is 0.312. The van der Waals surface area contributed by atoms with Crippen molar-refractivity contribution >= 4 is 5.97 Å². The molecule has 1 atom stereocenters. The molecule has 0 aliphatic carbocycles. The van der Waals surface area contributed by atoms with Crippen molar-refractivity contribution in [2.24, 2.45) is 0 Å². The van der Waals surface area contributed by atoms with Gasteiger partial charge in [-0.25, -0.2) is 9.48 Å². The normalized spacial score (nSPS) is 12.0. The third kappa shape index (κ3) is 3.02. The predicted octanol–water partition coefficient (Wildman–Crippen LogP) is 2.34. The van der Waals surface area contributed by atoms with Gasteiger partial charge in [0.25, 0.3) is 5.56 Å². The highest BCUT2D eigenvalue weighted by Crippen LogP contribution is 2.20. The molecule has 0 radical (unpaired) electrons. The lowest BCUT2D eigenvalue weighted by Crippen LogP contribution is -2.32. The summed E-state index contributed by atoms with van der Waals surface area (Å²) >= 11 is 0. The first-order valence-electron chi connectivity index (χ1n) is 6.82.